The van der Waals surface area contributed by atoms with Crippen molar-refractivity contribution in [2.45, 2.75) is 26.3 Å². The lowest BCUT2D eigenvalue weighted by Crippen LogP contribution is -2.28. The molecule has 0 aromatic carbocycles. The maximum absolute atomic E-state index is 12.2. The molecule has 1 atom stereocenters. The highest BCUT2D eigenvalue weighted by Crippen LogP contribution is 2.20. The molecule has 0 fully saturated rings. The SMILES string of the molecule is CCC(NC(=O)c1ccncc1)c1nc(C(=O)N(C)C#N)c(C)o1. The van der Waals surface area contributed by atoms with Crippen LogP contribution in [0.1, 0.15) is 51.9 Å². The van der Waals surface area contributed by atoms with Gasteiger partial charge < -0.3 is 9.73 Å². The predicted octanol–water partition coefficient (Wildman–Crippen LogP) is 1.81. The van der Waals surface area contributed by atoms with Crippen LogP contribution in [0.5, 0.6) is 0 Å². The van der Waals surface area contributed by atoms with Crippen molar-refractivity contribution in [1.82, 2.24) is 20.2 Å². The smallest absolute Gasteiger partial charge is 0.288 e. The highest BCUT2D eigenvalue weighted by Gasteiger charge is 2.25. The number of nitriles is 1. The van der Waals surface area contributed by atoms with Gasteiger partial charge in [0.2, 0.25) is 5.89 Å². The summed E-state index contributed by atoms with van der Waals surface area (Å²) in [6, 6.07) is 2.71. The summed E-state index contributed by atoms with van der Waals surface area (Å²) in [5.41, 5.74) is 0.526. The molecule has 1 N–H and O–H groups in total. The van der Waals surface area contributed by atoms with Gasteiger partial charge in [-0.2, -0.15) is 5.26 Å². The van der Waals surface area contributed by atoms with E-state index in [2.05, 4.69) is 15.3 Å². The van der Waals surface area contributed by atoms with Gasteiger partial charge in [0, 0.05) is 25.0 Å². The number of hydrogen-bond acceptors (Lipinski definition) is 6. The molecule has 0 aliphatic rings. The molecule has 0 saturated carbocycles. The molecule has 8 nitrogen and oxygen atoms in total. The topological polar surface area (TPSA) is 112 Å². The van der Waals surface area contributed by atoms with Crippen molar-refractivity contribution < 1.29 is 14.0 Å². The number of hydrogen-bond donors (Lipinski definition) is 1. The molecule has 1 unspecified atom stereocenters. The van der Waals surface area contributed by atoms with E-state index >= 15 is 0 Å². The Morgan fingerprint density at radius 2 is 2.08 bits per heavy atom. The van der Waals surface area contributed by atoms with Gasteiger partial charge in [0.25, 0.3) is 11.8 Å². The maximum Gasteiger partial charge on any atom is 0.288 e. The molecular formula is C16H17N5O3. The minimum atomic E-state index is -0.555. The van der Waals surface area contributed by atoms with Crippen LogP contribution in [0.2, 0.25) is 0 Å². The lowest BCUT2D eigenvalue weighted by atomic mass is 10.2. The second-order valence-corrected chi connectivity index (χ2v) is 5.09. The molecular weight excluding hydrogens is 310 g/mol. The molecule has 24 heavy (non-hydrogen) atoms. The molecule has 8 heteroatoms. The van der Waals surface area contributed by atoms with Crippen LogP contribution in [-0.2, 0) is 0 Å². The van der Waals surface area contributed by atoms with Crippen LogP contribution in [0.25, 0.3) is 0 Å². The third kappa shape index (κ3) is 3.57. The maximum atomic E-state index is 12.2. The van der Waals surface area contributed by atoms with Gasteiger partial charge in [0.05, 0.1) is 0 Å². The van der Waals surface area contributed by atoms with Crippen LogP contribution in [0, 0.1) is 18.4 Å². The average Bonchev–Trinajstić information content (AvgIpc) is 3.00. The van der Waals surface area contributed by atoms with E-state index in [0.717, 1.165) is 4.90 Å². The van der Waals surface area contributed by atoms with Crippen molar-refractivity contribution in [3.8, 4) is 6.19 Å². The number of nitrogens with zero attached hydrogens (tertiary/aromatic N) is 4. The number of aryl methyl sites for hydroxylation is 1. The molecule has 2 heterocycles. The summed E-state index contributed by atoms with van der Waals surface area (Å²) in [5.74, 6) is -0.316. The van der Waals surface area contributed by atoms with Crippen molar-refractivity contribution in [2.75, 3.05) is 7.05 Å². The predicted molar refractivity (Wildman–Crippen MR) is 83.7 cm³/mol. The van der Waals surface area contributed by atoms with Gasteiger partial charge in [-0.25, -0.2) is 9.88 Å². The first-order valence-corrected chi connectivity index (χ1v) is 7.33. The molecule has 124 valence electrons. The Hall–Kier alpha value is -3.21. The third-order valence-electron chi connectivity index (χ3n) is 3.42. The van der Waals surface area contributed by atoms with E-state index in [1.54, 1.807) is 25.2 Å². The summed E-state index contributed by atoms with van der Waals surface area (Å²) in [6.45, 7) is 3.45. The van der Waals surface area contributed by atoms with Crippen LogP contribution in [0.3, 0.4) is 0 Å². The number of carbonyl (C=O) groups is 2. The van der Waals surface area contributed by atoms with E-state index in [1.165, 1.54) is 19.4 Å². The zero-order chi connectivity index (χ0) is 17.7. The van der Waals surface area contributed by atoms with Crippen LogP contribution in [0.4, 0.5) is 0 Å². The number of rotatable bonds is 5. The number of carbonyl (C=O) groups excluding carboxylic acids is 2. The standard InChI is InChI=1S/C16H17N5O3/c1-4-12(19-14(22)11-5-7-18-8-6-11)15-20-13(10(2)24-15)16(23)21(3)9-17/h5-8,12H,4H2,1-3H3,(H,19,22). The lowest BCUT2D eigenvalue weighted by Gasteiger charge is -2.13. The molecule has 0 aliphatic carbocycles. The Bertz CT molecular complexity index is 779. The van der Waals surface area contributed by atoms with Crippen LogP contribution in [0.15, 0.2) is 28.9 Å². The van der Waals surface area contributed by atoms with Crippen LogP contribution < -0.4 is 5.32 Å². The van der Waals surface area contributed by atoms with Gasteiger partial charge in [0.1, 0.15) is 11.8 Å². The van der Waals surface area contributed by atoms with Crippen molar-refractivity contribution in [2.24, 2.45) is 0 Å². The number of amides is 2. The molecule has 2 rings (SSSR count). The van der Waals surface area contributed by atoms with Gasteiger partial charge in [-0.1, -0.05) is 6.92 Å². The van der Waals surface area contributed by atoms with Gasteiger partial charge in [0.15, 0.2) is 11.9 Å². The van der Waals surface area contributed by atoms with Crippen molar-refractivity contribution >= 4 is 11.8 Å². The Kier molecular flexibility index (Phi) is 5.27. The van der Waals surface area contributed by atoms with E-state index in [-0.39, 0.29) is 17.5 Å². The van der Waals surface area contributed by atoms with Crippen molar-refractivity contribution in [3.05, 3.63) is 47.4 Å². The fourth-order valence-electron chi connectivity index (χ4n) is 2.05. The van der Waals surface area contributed by atoms with Crippen molar-refractivity contribution in [3.63, 3.8) is 0 Å². The monoisotopic (exact) mass is 327 g/mol. The number of nitrogens with one attached hydrogen (secondary N) is 1. The average molecular weight is 327 g/mol. The molecule has 0 aliphatic heterocycles. The highest BCUT2D eigenvalue weighted by molar-refractivity contribution is 5.95. The van der Waals surface area contributed by atoms with E-state index < -0.39 is 11.9 Å². The zero-order valence-electron chi connectivity index (χ0n) is 13.6. The quantitative estimate of drug-likeness (QED) is 0.662. The van der Waals surface area contributed by atoms with E-state index in [0.29, 0.717) is 17.7 Å². The van der Waals surface area contributed by atoms with Gasteiger partial charge in [-0.05, 0) is 25.5 Å². The normalized spacial score (nSPS) is 11.4. The Morgan fingerprint density at radius 1 is 1.42 bits per heavy atom. The van der Waals surface area contributed by atoms with Gasteiger partial charge in [-0.15, -0.1) is 0 Å². The van der Waals surface area contributed by atoms with Crippen molar-refractivity contribution in [1.29, 1.82) is 5.26 Å². The lowest BCUT2D eigenvalue weighted by molar-refractivity contribution is 0.0851. The number of aromatic nitrogens is 2. The first-order chi connectivity index (χ1) is 11.5. The van der Waals surface area contributed by atoms with Crippen LogP contribution in [-0.4, -0.2) is 33.7 Å². The van der Waals surface area contributed by atoms with Gasteiger partial charge in [-0.3, -0.25) is 14.6 Å². The molecule has 0 bridgehead atoms. The van der Waals surface area contributed by atoms with E-state index in [1.807, 2.05) is 6.92 Å². The summed E-state index contributed by atoms with van der Waals surface area (Å²) in [5, 5.41) is 11.6. The van der Waals surface area contributed by atoms with Gasteiger partial charge >= 0.3 is 0 Å². The minimum Gasteiger partial charge on any atom is -0.443 e. The first kappa shape index (κ1) is 17.1. The summed E-state index contributed by atoms with van der Waals surface area (Å²) in [4.78, 5) is 33.2. The first-order valence-electron chi connectivity index (χ1n) is 7.33. The minimum absolute atomic E-state index is 0.0608. The largest absolute Gasteiger partial charge is 0.443 e. The highest BCUT2D eigenvalue weighted by atomic mass is 16.4. The summed E-state index contributed by atoms with van der Waals surface area (Å²) in [7, 11) is 1.35. The molecule has 0 saturated heterocycles. The Morgan fingerprint density at radius 3 is 2.67 bits per heavy atom. The second-order valence-electron chi connectivity index (χ2n) is 5.09. The fourth-order valence-corrected chi connectivity index (χ4v) is 2.05. The number of oxazole rings is 1. The summed E-state index contributed by atoms with van der Waals surface area (Å²) in [6.07, 6.45) is 5.30. The van der Waals surface area contributed by atoms with E-state index in [9.17, 15) is 9.59 Å². The van der Waals surface area contributed by atoms with Crippen LogP contribution >= 0.6 is 0 Å². The Labute approximate surface area is 139 Å². The molecule has 2 amide bonds. The third-order valence-corrected chi connectivity index (χ3v) is 3.42. The second kappa shape index (κ2) is 7.37. The number of pyridine rings is 1. The molecule has 2 aromatic heterocycles. The molecule has 2 aromatic rings. The molecule has 0 radical (unpaired) electrons. The summed E-state index contributed by atoms with van der Waals surface area (Å²) < 4.78 is 5.53. The summed E-state index contributed by atoms with van der Waals surface area (Å²) >= 11 is 0. The Balaban J connectivity index is 2.21. The zero-order valence-corrected chi connectivity index (χ0v) is 13.6. The molecule has 0 spiro atoms. The van der Waals surface area contributed by atoms with E-state index in [4.69, 9.17) is 9.68 Å². The fraction of sp³-hybridized carbons (Fsp3) is 0.312.